The molecule has 0 aliphatic heterocycles. The van der Waals surface area contributed by atoms with Gasteiger partial charge < -0.3 is 9.80 Å². The molecule has 2 heteroatoms. The SMILES string of the molecule is CC(C)(C)c1cc(N(c2ccc(-c3ccccc3)cc2)c2cccc3c2C2(c4ccccc4-c4ccccc42)c2ccccc2-3)cc(N(c2ccc(-c3ccccc3)cc2)c2cccc3c2C2(c4ccccc4-c4ccccc42)c2ccccc2-3)c1. The number of benzene rings is 13. The summed E-state index contributed by atoms with van der Waals surface area (Å²) in [4.78, 5) is 5.19. The minimum absolute atomic E-state index is 0.269. The molecule has 2 spiro atoms. The second kappa shape index (κ2) is 19.0. The van der Waals surface area contributed by atoms with Crippen LogP contribution >= 0.6 is 0 Å². The molecule has 86 heavy (non-hydrogen) atoms. The molecule has 4 aliphatic rings. The Bertz CT molecular complexity index is 4430. The average molecular weight is 1100 g/mol. The molecule has 0 unspecified atom stereocenters. The van der Waals surface area contributed by atoms with Gasteiger partial charge >= 0.3 is 0 Å². The lowest BCUT2D eigenvalue weighted by atomic mass is 9.70. The van der Waals surface area contributed by atoms with Crippen LogP contribution in [0.5, 0.6) is 0 Å². The second-order valence-electron chi connectivity index (χ2n) is 24.7. The van der Waals surface area contributed by atoms with Gasteiger partial charge in [-0.15, -0.1) is 0 Å². The van der Waals surface area contributed by atoms with Crippen LogP contribution in [0.3, 0.4) is 0 Å². The largest absolute Gasteiger partial charge is 0.310 e. The molecule has 0 fully saturated rings. The molecule has 0 heterocycles. The summed E-state index contributed by atoms with van der Waals surface area (Å²) in [5, 5.41) is 0. The quantitative estimate of drug-likeness (QED) is 0.150. The van der Waals surface area contributed by atoms with E-state index in [2.05, 4.69) is 340 Å². The van der Waals surface area contributed by atoms with Crippen molar-refractivity contribution in [1.82, 2.24) is 0 Å². The summed E-state index contributed by atoms with van der Waals surface area (Å²) in [6.45, 7) is 7.10. The van der Waals surface area contributed by atoms with E-state index in [0.29, 0.717) is 0 Å². The number of hydrogen-bond donors (Lipinski definition) is 0. The molecule has 0 aromatic heterocycles. The Morgan fingerprint density at radius 1 is 0.233 bits per heavy atom. The maximum Gasteiger partial charge on any atom is 0.0746 e. The highest BCUT2D eigenvalue weighted by Crippen LogP contribution is 2.68. The van der Waals surface area contributed by atoms with Crippen LogP contribution in [0.4, 0.5) is 34.1 Å². The number of rotatable bonds is 8. The van der Waals surface area contributed by atoms with Gasteiger partial charge in [0.05, 0.1) is 22.2 Å². The Morgan fingerprint density at radius 3 is 0.814 bits per heavy atom. The molecule has 13 aromatic rings. The van der Waals surface area contributed by atoms with Gasteiger partial charge in [0.2, 0.25) is 0 Å². The number of hydrogen-bond acceptors (Lipinski definition) is 2. The zero-order chi connectivity index (χ0) is 57.3. The number of nitrogens with zero attached hydrogens (tertiary/aromatic N) is 2. The van der Waals surface area contributed by atoms with Gasteiger partial charge in [-0.25, -0.2) is 0 Å². The Hall–Kier alpha value is -10.5. The van der Waals surface area contributed by atoms with E-state index in [-0.39, 0.29) is 5.41 Å². The molecular formula is C84H60N2. The van der Waals surface area contributed by atoms with Crippen molar-refractivity contribution >= 4 is 34.1 Å². The van der Waals surface area contributed by atoms with Gasteiger partial charge in [0.15, 0.2) is 0 Å². The van der Waals surface area contributed by atoms with Gasteiger partial charge in [-0.3, -0.25) is 0 Å². The maximum absolute atomic E-state index is 2.59. The molecule has 2 nitrogen and oxygen atoms in total. The summed E-state index contributed by atoms with van der Waals surface area (Å²) in [6.07, 6.45) is 0. The van der Waals surface area contributed by atoms with Gasteiger partial charge in [0.25, 0.3) is 0 Å². The molecule has 0 bridgehead atoms. The highest BCUT2D eigenvalue weighted by Gasteiger charge is 2.55. The van der Waals surface area contributed by atoms with E-state index in [1.165, 1.54) is 117 Å². The lowest BCUT2D eigenvalue weighted by Gasteiger charge is -2.38. The molecule has 17 rings (SSSR count). The van der Waals surface area contributed by atoms with Crippen molar-refractivity contribution in [3.63, 3.8) is 0 Å². The van der Waals surface area contributed by atoms with Crippen molar-refractivity contribution < 1.29 is 0 Å². The lowest BCUT2D eigenvalue weighted by Crippen LogP contribution is -2.29. The van der Waals surface area contributed by atoms with Crippen LogP contribution in [0, 0.1) is 0 Å². The van der Waals surface area contributed by atoms with E-state index in [1.807, 2.05) is 0 Å². The lowest BCUT2D eigenvalue weighted by molar-refractivity contribution is 0.590. The van der Waals surface area contributed by atoms with E-state index in [4.69, 9.17) is 0 Å². The first-order valence-corrected chi connectivity index (χ1v) is 30.2. The smallest absolute Gasteiger partial charge is 0.0746 e. The highest BCUT2D eigenvalue weighted by molar-refractivity contribution is 6.02. The van der Waals surface area contributed by atoms with Gasteiger partial charge in [-0.05, 0) is 166 Å². The third kappa shape index (κ3) is 7.08. The topological polar surface area (TPSA) is 6.48 Å². The third-order valence-corrected chi connectivity index (χ3v) is 19.2. The van der Waals surface area contributed by atoms with E-state index in [0.717, 1.165) is 34.1 Å². The van der Waals surface area contributed by atoms with Crippen LogP contribution in [-0.2, 0) is 16.2 Å². The Labute approximate surface area is 504 Å². The van der Waals surface area contributed by atoms with Gasteiger partial charge in [0, 0.05) is 33.9 Å². The molecule has 0 saturated carbocycles. The van der Waals surface area contributed by atoms with Crippen molar-refractivity contribution in [2.24, 2.45) is 0 Å². The summed E-state index contributed by atoms with van der Waals surface area (Å²) in [5.74, 6) is 0. The summed E-state index contributed by atoms with van der Waals surface area (Å²) in [5.41, 5.74) is 31.7. The molecule has 0 saturated heterocycles. The first kappa shape index (κ1) is 50.0. The van der Waals surface area contributed by atoms with Crippen LogP contribution in [-0.4, -0.2) is 0 Å². The fourth-order valence-corrected chi connectivity index (χ4v) is 15.6. The fraction of sp³-hybridized carbons (Fsp3) is 0.0714. The van der Waals surface area contributed by atoms with Crippen LogP contribution in [0.1, 0.15) is 70.8 Å². The molecule has 406 valence electrons. The highest BCUT2D eigenvalue weighted by atomic mass is 15.2. The van der Waals surface area contributed by atoms with Crippen LogP contribution in [0.25, 0.3) is 66.8 Å². The predicted octanol–water partition coefficient (Wildman–Crippen LogP) is 21.9. The van der Waals surface area contributed by atoms with E-state index >= 15 is 0 Å². The molecule has 4 aliphatic carbocycles. The Kier molecular flexibility index (Phi) is 11.0. The second-order valence-corrected chi connectivity index (χ2v) is 24.7. The van der Waals surface area contributed by atoms with Crippen LogP contribution in [0.2, 0.25) is 0 Å². The van der Waals surface area contributed by atoms with Crippen molar-refractivity contribution in [3.8, 4) is 66.8 Å². The van der Waals surface area contributed by atoms with Crippen molar-refractivity contribution in [3.05, 3.63) is 359 Å². The zero-order valence-electron chi connectivity index (χ0n) is 48.3. The first-order chi connectivity index (χ1) is 42.3. The summed E-state index contributed by atoms with van der Waals surface area (Å²) in [6, 6.07) is 117. The molecule has 0 N–H and O–H groups in total. The Balaban J connectivity index is 0.967. The number of fused-ring (bicyclic) bond motifs is 20. The molecule has 13 aromatic carbocycles. The predicted molar refractivity (Wildman–Crippen MR) is 358 cm³/mol. The minimum atomic E-state index is -0.600. The molecular weight excluding hydrogens is 1040 g/mol. The zero-order valence-corrected chi connectivity index (χ0v) is 48.3. The maximum atomic E-state index is 2.59. The summed E-state index contributed by atoms with van der Waals surface area (Å²) >= 11 is 0. The number of anilines is 6. The van der Waals surface area contributed by atoms with Gasteiger partial charge in [0.1, 0.15) is 0 Å². The standard InChI is InChI=1S/C84H60N2/c1-82(2,3)59-52-62(85(60-48-44-57(45-49-60)55-24-6-4-7-25-55)78-42-22-34-70-68-32-14-20-40-76(68)83(80(70)78)72-36-16-10-28-64(72)65-29-11-17-37-73(65)83)54-63(53-59)86(61-50-46-58(47-51-61)56-26-8-5-9-27-56)79-43-23-35-71-69-33-15-21-41-77(69)84(81(71)79)74-38-18-12-30-66(74)67-31-13-19-39-75(67)84/h4-54H,1-3H3. The van der Waals surface area contributed by atoms with E-state index in [9.17, 15) is 0 Å². The van der Waals surface area contributed by atoms with Crippen molar-refractivity contribution in [2.75, 3.05) is 9.80 Å². The van der Waals surface area contributed by atoms with Crippen LogP contribution < -0.4 is 9.80 Å². The average Bonchev–Trinajstić information content (AvgIpc) is 1.54. The molecule has 0 amide bonds. The molecule has 0 atom stereocenters. The normalized spacial score (nSPS) is 13.7. The van der Waals surface area contributed by atoms with E-state index < -0.39 is 10.8 Å². The molecule has 0 radical (unpaired) electrons. The summed E-state index contributed by atoms with van der Waals surface area (Å²) < 4.78 is 0. The van der Waals surface area contributed by atoms with Crippen molar-refractivity contribution in [2.45, 2.75) is 37.0 Å². The van der Waals surface area contributed by atoms with E-state index in [1.54, 1.807) is 0 Å². The summed E-state index contributed by atoms with van der Waals surface area (Å²) in [7, 11) is 0. The van der Waals surface area contributed by atoms with Gasteiger partial charge in [-0.1, -0.05) is 276 Å². The monoisotopic (exact) mass is 1100 g/mol. The Morgan fingerprint density at radius 2 is 0.500 bits per heavy atom. The van der Waals surface area contributed by atoms with Crippen molar-refractivity contribution in [1.29, 1.82) is 0 Å². The minimum Gasteiger partial charge on any atom is -0.310 e. The van der Waals surface area contributed by atoms with Gasteiger partial charge in [-0.2, -0.15) is 0 Å². The van der Waals surface area contributed by atoms with Crippen LogP contribution in [0.15, 0.2) is 309 Å². The fourth-order valence-electron chi connectivity index (χ4n) is 15.6. The first-order valence-electron chi connectivity index (χ1n) is 30.2. The third-order valence-electron chi connectivity index (χ3n) is 19.2.